The maximum absolute atomic E-state index is 11.5. The maximum Gasteiger partial charge on any atom is 0.407 e. The van der Waals surface area contributed by atoms with E-state index in [-0.39, 0.29) is 6.10 Å². The van der Waals surface area contributed by atoms with Crippen LogP contribution in [0.1, 0.15) is 27.2 Å². The second-order valence-electron chi connectivity index (χ2n) is 5.29. The average molecular weight is 286 g/mol. The number of alkyl carbamates (subject to hydrolysis) is 1. The first-order valence-electron chi connectivity index (χ1n) is 6.07. The molecule has 106 valence electrons. The summed E-state index contributed by atoms with van der Waals surface area (Å²) in [7, 11) is 0. The normalized spacial score (nSPS) is 18.8. The Balaban J connectivity index is 2.45. The lowest BCUT2D eigenvalue weighted by Gasteiger charge is -2.20. The Kier molecular flexibility index (Phi) is 5.06. The monoisotopic (exact) mass is 285 g/mol. The highest BCUT2D eigenvalue weighted by Gasteiger charge is 2.26. The van der Waals surface area contributed by atoms with Crippen LogP contribution in [0.2, 0.25) is 0 Å². The molecule has 1 unspecified atom stereocenters. The molecule has 1 heterocycles. The number of rotatable bonds is 4. The van der Waals surface area contributed by atoms with E-state index in [1.54, 1.807) is 6.08 Å². The van der Waals surface area contributed by atoms with Crippen LogP contribution in [0, 0.1) is 0 Å². The summed E-state index contributed by atoms with van der Waals surface area (Å²) in [5.74, 6) is 0.549. The lowest BCUT2D eigenvalue weighted by molar-refractivity contribution is 0.0488. The van der Waals surface area contributed by atoms with Gasteiger partial charge < -0.3 is 14.8 Å². The smallest absolute Gasteiger partial charge is 0.407 e. The number of ether oxygens (including phenoxy) is 2. The van der Waals surface area contributed by atoms with Gasteiger partial charge in [-0.25, -0.2) is 4.79 Å². The van der Waals surface area contributed by atoms with Gasteiger partial charge in [0.1, 0.15) is 17.5 Å². The van der Waals surface area contributed by atoms with E-state index >= 15 is 0 Å². The van der Waals surface area contributed by atoms with Crippen LogP contribution in [-0.4, -0.2) is 24.3 Å². The van der Waals surface area contributed by atoms with Crippen molar-refractivity contribution in [1.82, 2.24) is 5.32 Å². The molecule has 4 nitrogen and oxygen atoms in total. The number of halogens is 1. The standard InChI is InChI=1S/C14H20ClNO3/c1-6-10-7-11(18-12(10)9(2)15)8-16-13(17)19-14(3,4)5/h6,11H,1-2,7-8H2,3-5H3,(H,16,17). The average Bonchev–Trinajstić information content (AvgIpc) is 2.67. The van der Waals surface area contributed by atoms with Crippen LogP contribution in [0.3, 0.4) is 0 Å². The second-order valence-corrected chi connectivity index (χ2v) is 5.75. The zero-order chi connectivity index (χ0) is 14.6. The molecule has 1 atom stereocenters. The molecule has 0 aromatic carbocycles. The van der Waals surface area contributed by atoms with Crippen molar-refractivity contribution in [2.45, 2.75) is 38.9 Å². The molecule has 0 fully saturated rings. The van der Waals surface area contributed by atoms with Crippen LogP contribution >= 0.6 is 11.6 Å². The second kappa shape index (κ2) is 6.15. The lowest BCUT2D eigenvalue weighted by Crippen LogP contribution is -2.36. The highest BCUT2D eigenvalue weighted by molar-refractivity contribution is 6.31. The molecule has 0 aromatic heterocycles. The van der Waals surface area contributed by atoms with E-state index in [4.69, 9.17) is 21.1 Å². The summed E-state index contributed by atoms with van der Waals surface area (Å²) < 4.78 is 10.8. The van der Waals surface area contributed by atoms with Crippen LogP contribution in [-0.2, 0) is 9.47 Å². The number of allylic oxidation sites excluding steroid dienone is 2. The van der Waals surface area contributed by atoms with E-state index in [9.17, 15) is 4.79 Å². The molecule has 0 bridgehead atoms. The van der Waals surface area contributed by atoms with Crippen molar-refractivity contribution in [2.24, 2.45) is 0 Å². The molecule has 1 rings (SSSR count). The van der Waals surface area contributed by atoms with E-state index < -0.39 is 11.7 Å². The fourth-order valence-corrected chi connectivity index (χ4v) is 1.83. The first-order chi connectivity index (χ1) is 8.73. The fourth-order valence-electron chi connectivity index (χ4n) is 1.66. The van der Waals surface area contributed by atoms with Crippen molar-refractivity contribution >= 4 is 17.7 Å². The van der Waals surface area contributed by atoms with E-state index in [2.05, 4.69) is 18.5 Å². The largest absolute Gasteiger partial charge is 0.486 e. The number of carbonyl (C=O) groups excluding carboxylic acids is 1. The Morgan fingerprint density at radius 3 is 2.68 bits per heavy atom. The molecule has 0 spiro atoms. The quantitative estimate of drug-likeness (QED) is 0.860. The highest BCUT2D eigenvalue weighted by atomic mass is 35.5. The van der Waals surface area contributed by atoms with Gasteiger partial charge in [0.05, 0.1) is 11.6 Å². The van der Waals surface area contributed by atoms with Gasteiger partial charge in [-0.05, 0) is 26.3 Å². The SMILES string of the molecule is C=CC1=C(C(=C)Cl)OC(CNC(=O)OC(C)(C)C)C1. The molecule has 1 aliphatic rings. The summed E-state index contributed by atoms with van der Waals surface area (Å²) in [4.78, 5) is 11.5. The van der Waals surface area contributed by atoms with E-state index in [1.807, 2.05) is 20.8 Å². The van der Waals surface area contributed by atoms with Crippen LogP contribution in [0.5, 0.6) is 0 Å². The summed E-state index contributed by atoms with van der Waals surface area (Å²) >= 11 is 5.84. The molecule has 0 saturated heterocycles. The number of hydrogen-bond acceptors (Lipinski definition) is 3. The van der Waals surface area contributed by atoms with Crippen molar-refractivity contribution in [3.8, 4) is 0 Å². The van der Waals surface area contributed by atoms with Gasteiger partial charge in [-0.3, -0.25) is 0 Å². The molecule has 0 radical (unpaired) electrons. The Hall–Kier alpha value is -1.42. The minimum atomic E-state index is -0.513. The zero-order valence-electron chi connectivity index (χ0n) is 11.6. The molecule has 0 aromatic rings. The van der Waals surface area contributed by atoms with Gasteiger partial charge in [0.25, 0.3) is 0 Å². The molecule has 0 aliphatic carbocycles. The molecule has 0 saturated carbocycles. The third-order valence-electron chi connectivity index (χ3n) is 2.39. The Morgan fingerprint density at radius 2 is 2.26 bits per heavy atom. The maximum atomic E-state index is 11.5. The van der Waals surface area contributed by atoms with Crippen LogP contribution in [0.4, 0.5) is 4.79 Å². The number of hydrogen-bond donors (Lipinski definition) is 1. The van der Waals surface area contributed by atoms with Crippen molar-refractivity contribution < 1.29 is 14.3 Å². The predicted octanol–water partition coefficient (Wildman–Crippen LogP) is 3.49. The van der Waals surface area contributed by atoms with Gasteiger partial charge in [0, 0.05) is 6.42 Å². The van der Waals surface area contributed by atoms with Crippen molar-refractivity contribution in [1.29, 1.82) is 0 Å². The van der Waals surface area contributed by atoms with E-state index in [0.29, 0.717) is 23.8 Å². The Morgan fingerprint density at radius 1 is 1.63 bits per heavy atom. The molecule has 1 amide bonds. The molecule has 1 aliphatic heterocycles. The molecule has 5 heteroatoms. The number of nitrogens with one attached hydrogen (secondary N) is 1. The first-order valence-corrected chi connectivity index (χ1v) is 6.44. The number of amides is 1. The lowest BCUT2D eigenvalue weighted by atomic mass is 10.1. The van der Waals surface area contributed by atoms with Gasteiger partial charge in [-0.15, -0.1) is 0 Å². The van der Waals surface area contributed by atoms with Crippen LogP contribution in [0.15, 0.2) is 35.6 Å². The van der Waals surface area contributed by atoms with Crippen molar-refractivity contribution in [2.75, 3.05) is 6.54 Å². The number of carbonyl (C=O) groups is 1. The minimum Gasteiger partial charge on any atom is -0.486 e. The van der Waals surface area contributed by atoms with Gasteiger partial charge in [0.2, 0.25) is 0 Å². The summed E-state index contributed by atoms with van der Waals surface area (Å²) in [6.07, 6.45) is 1.69. The minimum absolute atomic E-state index is 0.175. The van der Waals surface area contributed by atoms with E-state index in [1.165, 1.54) is 0 Å². The van der Waals surface area contributed by atoms with Gasteiger partial charge >= 0.3 is 6.09 Å². The van der Waals surface area contributed by atoms with E-state index in [0.717, 1.165) is 5.57 Å². The van der Waals surface area contributed by atoms with Gasteiger partial charge in [-0.2, -0.15) is 0 Å². The molecule has 1 N–H and O–H groups in total. The van der Waals surface area contributed by atoms with Crippen LogP contribution < -0.4 is 5.32 Å². The first kappa shape index (κ1) is 15.6. The molecular weight excluding hydrogens is 266 g/mol. The third-order valence-corrected chi connectivity index (χ3v) is 2.56. The predicted molar refractivity (Wildman–Crippen MR) is 75.9 cm³/mol. The molecular formula is C14H20ClNO3. The molecule has 19 heavy (non-hydrogen) atoms. The zero-order valence-corrected chi connectivity index (χ0v) is 12.3. The van der Waals surface area contributed by atoms with Crippen LogP contribution in [0.25, 0.3) is 0 Å². The third kappa shape index (κ3) is 4.99. The Labute approximate surface area is 119 Å². The fraction of sp³-hybridized carbons (Fsp3) is 0.500. The van der Waals surface area contributed by atoms with Crippen molar-refractivity contribution in [3.05, 3.63) is 35.6 Å². The summed E-state index contributed by atoms with van der Waals surface area (Å²) in [5.41, 5.74) is 0.386. The highest BCUT2D eigenvalue weighted by Crippen LogP contribution is 2.31. The Bertz CT molecular complexity index is 421. The van der Waals surface area contributed by atoms with Gasteiger partial charge in [-0.1, -0.05) is 30.8 Å². The summed E-state index contributed by atoms with van der Waals surface area (Å²) in [5, 5.41) is 3.01. The summed E-state index contributed by atoms with van der Waals surface area (Å²) in [6, 6.07) is 0. The van der Waals surface area contributed by atoms with Gasteiger partial charge in [0.15, 0.2) is 0 Å². The van der Waals surface area contributed by atoms with Crippen molar-refractivity contribution in [3.63, 3.8) is 0 Å². The summed E-state index contributed by atoms with van der Waals surface area (Å²) in [6.45, 7) is 13.1. The topological polar surface area (TPSA) is 47.6 Å².